The number of amides is 1. The minimum absolute atomic E-state index is 0.215. The Bertz CT molecular complexity index is 1030. The van der Waals surface area contributed by atoms with Crippen LogP contribution in [0.15, 0.2) is 56.9 Å². The van der Waals surface area contributed by atoms with Crippen molar-refractivity contribution in [2.45, 2.75) is 24.7 Å². The minimum Gasteiger partial charge on any atom is -0.496 e. The Labute approximate surface area is 185 Å². The molecule has 0 spiro atoms. The second-order valence-corrected chi connectivity index (χ2v) is 9.97. The lowest BCUT2D eigenvalue weighted by Crippen LogP contribution is -2.42. The summed E-state index contributed by atoms with van der Waals surface area (Å²) in [6, 6.07) is 12.3. The number of hydrazone groups is 1. The number of ether oxygens (including phenoxy) is 1. The van der Waals surface area contributed by atoms with E-state index in [-0.39, 0.29) is 16.7 Å². The molecule has 1 heterocycles. The number of carbonyl (C=O) groups is 1. The highest BCUT2D eigenvalue weighted by atomic mass is 79.9. The molecule has 1 amide bonds. The Hall–Kier alpha value is -2.23. The van der Waals surface area contributed by atoms with Crippen LogP contribution in [0.25, 0.3) is 0 Å². The largest absolute Gasteiger partial charge is 0.496 e. The number of benzene rings is 2. The molecule has 160 valence electrons. The van der Waals surface area contributed by atoms with Crippen molar-refractivity contribution in [1.82, 2.24) is 9.73 Å². The van der Waals surface area contributed by atoms with Crippen LogP contribution in [0, 0.1) is 12.8 Å². The van der Waals surface area contributed by atoms with Crippen LogP contribution in [0.3, 0.4) is 0 Å². The first-order valence-electron chi connectivity index (χ1n) is 9.54. The average Bonchev–Trinajstić information content (AvgIpc) is 2.74. The fraction of sp³-hybridized carbons (Fsp3) is 0.333. The zero-order chi connectivity index (χ0) is 21.7. The minimum atomic E-state index is -3.54. The van der Waals surface area contributed by atoms with Gasteiger partial charge in [0.05, 0.1) is 18.2 Å². The number of piperidine rings is 1. The highest BCUT2D eigenvalue weighted by Gasteiger charge is 2.32. The molecule has 1 N–H and O–H groups in total. The van der Waals surface area contributed by atoms with Gasteiger partial charge >= 0.3 is 0 Å². The Morgan fingerprint density at radius 3 is 2.50 bits per heavy atom. The lowest BCUT2D eigenvalue weighted by molar-refractivity contribution is -0.126. The number of methoxy groups -OCH3 is 1. The molecule has 2 aromatic carbocycles. The fourth-order valence-corrected chi connectivity index (χ4v) is 5.13. The predicted molar refractivity (Wildman–Crippen MR) is 119 cm³/mol. The van der Waals surface area contributed by atoms with Crippen molar-refractivity contribution in [2.24, 2.45) is 11.0 Å². The van der Waals surface area contributed by atoms with Crippen LogP contribution in [0.4, 0.5) is 0 Å². The number of rotatable bonds is 6. The molecule has 0 saturated carbocycles. The molecule has 3 rings (SSSR count). The molecule has 1 fully saturated rings. The Morgan fingerprint density at radius 1 is 1.20 bits per heavy atom. The van der Waals surface area contributed by atoms with E-state index in [1.165, 1.54) is 10.5 Å². The van der Waals surface area contributed by atoms with E-state index in [0.717, 1.165) is 15.6 Å². The van der Waals surface area contributed by atoms with Crippen LogP contribution in [0.2, 0.25) is 0 Å². The summed E-state index contributed by atoms with van der Waals surface area (Å²) < 4.78 is 33.1. The van der Waals surface area contributed by atoms with Gasteiger partial charge in [0.2, 0.25) is 15.9 Å². The van der Waals surface area contributed by atoms with Gasteiger partial charge in [-0.1, -0.05) is 33.6 Å². The first kappa shape index (κ1) is 22.5. The normalized spacial score (nSPS) is 16.0. The van der Waals surface area contributed by atoms with Crippen molar-refractivity contribution in [3.8, 4) is 5.75 Å². The van der Waals surface area contributed by atoms with Crippen molar-refractivity contribution >= 4 is 38.1 Å². The summed E-state index contributed by atoms with van der Waals surface area (Å²) >= 11 is 3.39. The summed E-state index contributed by atoms with van der Waals surface area (Å²) in [5, 5.41) is 4.03. The molecule has 1 aliphatic heterocycles. The third-order valence-electron chi connectivity index (χ3n) is 5.05. The van der Waals surface area contributed by atoms with Crippen LogP contribution in [-0.4, -0.2) is 45.0 Å². The molecule has 0 unspecified atom stereocenters. The summed E-state index contributed by atoms with van der Waals surface area (Å²) in [7, 11) is -1.97. The third-order valence-corrected chi connectivity index (χ3v) is 7.46. The lowest BCUT2D eigenvalue weighted by atomic mass is 9.98. The van der Waals surface area contributed by atoms with E-state index in [4.69, 9.17) is 4.74 Å². The zero-order valence-corrected chi connectivity index (χ0v) is 19.2. The molecule has 0 radical (unpaired) electrons. The van der Waals surface area contributed by atoms with Gasteiger partial charge in [-0.2, -0.15) is 9.41 Å². The first-order valence-corrected chi connectivity index (χ1v) is 11.8. The number of hydrogen-bond donors (Lipinski definition) is 1. The maximum atomic E-state index is 12.8. The Morgan fingerprint density at radius 2 is 1.87 bits per heavy atom. The van der Waals surface area contributed by atoms with Crippen LogP contribution < -0.4 is 10.2 Å². The van der Waals surface area contributed by atoms with Gasteiger partial charge < -0.3 is 4.74 Å². The molecule has 0 atom stereocenters. The Kier molecular flexibility index (Phi) is 7.27. The molecule has 0 aromatic heterocycles. The first-order chi connectivity index (χ1) is 14.3. The maximum Gasteiger partial charge on any atom is 0.243 e. The molecule has 7 nitrogen and oxygen atoms in total. The van der Waals surface area contributed by atoms with E-state index in [2.05, 4.69) is 26.5 Å². The number of hydrogen-bond acceptors (Lipinski definition) is 5. The van der Waals surface area contributed by atoms with E-state index in [1.807, 2.05) is 19.1 Å². The van der Waals surface area contributed by atoms with Crippen LogP contribution >= 0.6 is 15.9 Å². The maximum absolute atomic E-state index is 12.8. The fourth-order valence-electron chi connectivity index (χ4n) is 3.28. The molecular weight excluding hydrogens is 470 g/mol. The predicted octanol–water partition coefficient (Wildman–Crippen LogP) is 3.32. The third kappa shape index (κ3) is 5.27. The number of sulfonamides is 1. The monoisotopic (exact) mass is 493 g/mol. The second kappa shape index (κ2) is 9.72. The quantitative estimate of drug-likeness (QED) is 0.493. The van der Waals surface area contributed by atoms with E-state index >= 15 is 0 Å². The summed E-state index contributed by atoms with van der Waals surface area (Å²) in [4.78, 5) is 12.7. The van der Waals surface area contributed by atoms with Gasteiger partial charge in [-0.3, -0.25) is 4.79 Å². The van der Waals surface area contributed by atoms with Crippen molar-refractivity contribution in [1.29, 1.82) is 0 Å². The molecule has 30 heavy (non-hydrogen) atoms. The highest BCUT2D eigenvalue weighted by Crippen LogP contribution is 2.24. The zero-order valence-electron chi connectivity index (χ0n) is 16.8. The van der Waals surface area contributed by atoms with E-state index in [9.17, 15) is 13.2 Å². The standard InChI is InChI=1S/C21H24BrN3O4S/c1-15-3-6-19(7-4-15)30(27,28)25-11-9-16(10-12-25)21(26)24-23-14-17-13-18(22)5-8-20(17)29-2/h3-8,13-14,16H,9-12H2,1-2H3,(H,24,26)/b23-14-. The van der Waals surface area contributed by atoms with Crippen molar-refractivity contribution in [3.63, 3.8) is 0 Å². The lowest BCUT2D eigenvalue weighted by Gasteiger charge is -2.30. The summed E-state index contributed by atoms with van der Waals surface area (Å²) in [5.74, 6) is 0.148. The summed E-state index contributed by atoms with van der Waals surface area (Å²) in [6.45, 7) is 2.52. The SMILES string of the molecule is COc1ccc(Br)cc1/C=N\NC(=O)C1CCN(S(=O)(=O)c2ccc(C)cc2)CC1. The number of carbonyl (C=O) groups excluding carboxylic acids is 1. The summed E-state index contributed by atoms with van der Waals surface area (Å²) in [6.07, 6.45) is 2.43. The van der Waals surface area contributed by atoms with Gasteiger partial charge in [0.1, 0.15) is 5.75 Å². The average molecular weight is 494 g/mol. The molecular formula is C21H24BrN3O4S. The van der Waals surface area contributed by atoms with Gasteiger partial charge in [0.15, 0.2) is 0 Å². The van der Waals surface area contributed by atoms with Gasteiger partial charge in [-0.05, 0) is 50.1 Å². The molecule has 0 bridgehead atoms. The van der Waals surface area contributed by atoms with Gasteiger partial charge in [0, 0.05) is 29.0 Å². The summed E-state index contributed by atoms with van der Waals surface area (Å²) in [5.41, 5.74) is 4.29. The second-order valence-electron chi connectivity index (χ2n) is 7.11. The van der Waals surface area contributed by atoms with Crippen molar-refractivity contribution < 1.29 is 17.9 Å². The number of aryl methyl sites for hydroxylation is 1. The van der Waals surface area contributed by atoms with Crippen molar-refractivity contribution in [3.05, 3.63) is 58.1 Å². The van der Waals surface area contributed by atoms with Crippen LogP contribution in [0.1, 0.15) is 24.0 Å². The molecule has 1 saturated heterocycles. The number of nitrogens with zero attached hydrogens (tertiary/aromatic N) is 2. The Balaban J connectivity index is 1.57. The number of nitrogens with one attached hydrogen (secondary N) is 1. The van der Waals surface area contributed by atoms with E-state index in [1.54, 1.807) is 37.4 Å². The van der Waals surface area contributed by atoms with E-state index in [0.29, 0.717) is 31.7 Å². The molecule has 2 aromatic rings. The molecule has 9 heteroatoms. The van der Waals surface area contributed by atoms with Crippen molar-refractivity contribution in [2.75, 3.05) is 20.2 Å². The van der Waals surface area contributed by atoms with E-state index < -0.39 is 10.0 Å². The topological polar surface area (TPSA) is 88.1 Å². The van der Waals surface area contributed by atoms with Gasteiger partial charge in [0.25, 0.3) is 0 Å². The van der Waals surface area contributed by atoms with Gasteiger partial charge in [-0.15, -0.1) is 0 Å². The highest BCUT2D eigenvalue weighted by molar-refractivity contribution is 9.10. The van der Waals surface area contributed by atoms with Crippen LogP contribution in [0.5, 0.6) is 5.75 Å². The van der Waals surface area contributed by atoms with Crippen LogP contribution in [-0.2, 0) is 14.8 Å². The molecule has 0 aliphatic carbocycles. The number of halogens is 1. The smallest absolute Gasteiger partial charge is 0.243 e. The van der Waals surface area contributed by atoms with Gasteiger partial charge in [-0.25, -0.2) is 13.8 Å². The molecule has 1 aliphatic rings.